The molecule has 1 aliphatic rings. The number of nitrogens with two attached hydrogens (primary N) is 1. The Hall–Kier alpha value is -2.17. The molecule has 1 heterocycles. The molecule has 2 aromatic carbocycles. The van der Waals surface area contributed by atoms with E-state index in [1.165, 1.54) is 19.3 Å². The molecule has 0 amide bonds. The average molecular weight is 352 g/mol. The minimum Gasteiger partial charge on any atom is -0.461 e. The van der Waals surface area contributed by atoms with E-state index in [2.05, 4.69) is 4.90 Å². The number of benzene rings is 2. The highest BCUT2D eigenvalue weighted by molar-refractivity contribution is 5.74. The van der Waals surface area contributed by atoms with Crippen LogP contribution in [0.5, 0.6) is 0 Å². The van der Waals surface area contributed by atoms with Crippen LogP contribution in [0.4, 0.5) is 0 Å². The Morgan fingerprint density at radius 1 is 0.962 bits per heavy atom. The number of piperidine rings is 1. The molecule has 26 heavy (non-hydrogen) atoms. The van der Waals surface area contributed by atoms with Gasteiger partial charge < -0.3 is 15.4 Å². The van der Waals surface area contributed by atoms with E-state index in [9.17, 15) is 4.79 Å². The second-order valence-corrected chi connectivity index (χ2v) is 7.00. The van der Waals surface area contributed by atoms with E-state index in [0.29, 0.717) is 6.54 Å². The minimum absolute atomic E-state index is 0.212. The first-order valence-corrected chi connectivity index (χ1v) is 9.47. The summed E-state index contributed by atoms with van der Waals surface area (Å²) < 4.78 is 5.63. The number of carbonyl (C=O) groups is 1. The third-order valence-electron chi connectivity index (χ3n) is 5.05. The molecular weight excluding hydrogens is 324 g/mol. The molecule has 0 saturated carbocycles. The summed E-state index contributed by atoms with van der Waals surface area (Å²) in [5.41, 5.74) is 8.47. The molecule has 138 valence electrons. The molecule has 2 unspecified atom stereocenters. The van der Waals surface area contributed by atoms with Gasteiger partial charge in [-0.2, -0.15) is 0 Å². The van der Waals surface area contributed by atoms with Gasteiger partial charge in [0.15, 0.2) is 0 Å². The Morgan fingerprint density at radius 3 is 2.23 bits per heavy atom. The number of esters is 1. The lowest BCUT2D eigenvalue weighted by Crippen LogP contribution is -2.42. The molecule has 0 aromatic heterocycles. The first kappa shape index (κ1) is 18.6. The average Bonchev–Trinajstić information content (AvgIpc) is 2.72. The van der Waals surface area contributed by atoms with E-state index in [-0.39, 0.29) is 24.5 Å². The maximum atomic E-state index is 12.9. The molecule has 4 heteroatoms. The molecular formula is C22H28N2O2. The first-order valence-electron chi connectivity index (χ1n) is 9.47. The summed E-state index contributed by atoms with van der Waals surface area (Å²) in [6, 6.07) is 19.3. The number of hydrogen-bond acceptors (Lipinski definition) is 4. The fourth-order valence-electron chi connectivity index (χ4n) is 3.50. The predicted octanol–water partition coefficient (Wildman–Crippen LogP) is 3.53. The van der Waals surface area contributed by atoms with E-state index < -0.39 is 0 Å². The quantitative estimate of drug-likeness (QED) is 0.775. The molecule has 0 bridgehead atoms. The summed E-state index contributed by atoms with van der Waals surface area (Å²) in [4.78, 5) is 15.2. The Morgan fingerprint density at radius 2 is 1.58 bits per heavy atom. The number of likely N-dealkylation sites (tertiary alicyclic amines) is 1. The third kappa shape index (κ3) is 5.16. The lowest BCUT2D eigenvalue weighted by atomic mass is 9.92. The topological polar surface area (TPSA) is 55.6 Å². The Bertz CT molecular complexity index is 669. The van der Waals surface area contributed by atoms with Crippen LogP contribution in [0.3, 0.4) is 0 Å². The Balaban J connectivity index is 1.69. The molecule has 0 spiro atoms. The first-order chi connectivity index (χ1) is 12.7. The number of nitrogens with zero attached hydrogens (tertiary/aromatic N) is 1. The van der Waals surface area contributed by atoms with E-state index in [4.69, 9.17) is 10.5 Å². The fourth-order valence-corrected chi connectivity index (χ4v) is 3.50. The molecule has 3 rings (SSSR count). The molecule has 1 fully saturated rings. The van der Waals surface area contributed by atoms with Crippen molar-refractivity contribution in [3.8, 4) is 0 Å². The summed E-state index contributed by atoms with van der Waals surface area (Å²) in [5, 5.41) is 0. The van der Waals surface area contributed by atoms with Gasteiger partial charge in [-0.3, -0.25) is 4.79 Å². The second kappa shape index (κ2) is 9.51. The van der Waals surface area contributed by atoms with Gasteiger partial charge in [-0.25, -0.2) is 0 Å². The fraction of sp³-hybridized carbons (Fsp3) is 0.409. The molecule has 1 saturated heterocycles. The van der Waals surface area contributed by atoms with Gasteiger partial charge in [-0.05, 0) is 37.1 Å². The maximum absolute atomic E-state index is 12.9. The van der Waals surface area contributed by atoms with Crippen molar-refractivity contribution < 1.29 is 9.53 Å². The van der Waals surface area contributed by atoms with Crippen molar-refractivity contribution in [2.24, 2.45) is 11.7 Å². The lowest BCUT2D eigenvalue weighted by molar-refractivity contribution is -0.151. The van der Waals surface area contributed by atoms with E-state index in [1.807, 2.05) is 60.7 Å². The SMILES string of the molecule is NC(c1ccccc1)C(CN1CCCCC1)C(=O)OCc1ccccc1. The lowest BCUT2D eigenvalue weighted by Gasteiger charge is -2.32. The van der Waals surface area contributed by atoms with Crippen molar-refractivity contribution in [1.29, 1.82) is 0 Å². The van der Waals surface area contributed by atoms with Crippen molar-refractivity contribution >= 4 is 5.97 Å². The van der Waals surface area contributed by atoms with Crippen molar-refractivity contribution in [1.82, 2.24) is 4.90 Å². The van der Waals surface area contributed by atoms with Crippen LogP contribution in [0.2, 0.25) is 0 Å². The smallest absolute Gasteiger partial charge is 0.312 e. The molecule has 2 aromatic rings. The van der Waals surface area contributed by atoms with Gasteiger partial charge in [0.1, 0.15) is 6.61 Å². The number of ether oxygens (including phenoxy) is 1. The third-order valence-corrected chi connectivity index (χ3v) is 5.05. The van der Waals surface area contributed by atoms with E-state index in [0.717, 1.165) is 24.2 Å². The van der Waals surface area contributed by atoms with Gasteiger partial charge in [0.05, 0.1) is 5.92 Å². The van der Waals surface area contributed by atoms with Crippen molar-refractivity contribution in [3.05, 3.63) is 71.8 Å². The van der Waals surface area contributed by atoms with Gasteiger partial charge in [0, 0.05) is 12.6 Å². The van der Waals surface area contributed by atoms with Crippen molar-refractivity contribution in [3.63, 3.8) is 0 Å². The van der Waals surface area contributed by atoms with Crippen LogP contribution in [0, 0.1) is 5.92 Å². The molecule has 0 radical (unpaired) electrons. The summed E-state index contributed by atoms with van der Waals surface area (Å²) in [5.74, 6) is -0.574. The predicted molar refractivity (Wildman–Crippen MR) is 103 cm³/mol. The number of rotatable bonds is 7. The molecule has 1 aliphatic heterocycles. The highest BCUT2D eigenvalue weighted by Crippen LogP contribution is 2.24. The van der Waals surface area contributed by atoms with Crippen LogP contribution < -0.4 is 5.73 Å². The van der Waals surface area contributed by atoms with Gasteiger partial charge in [0.2, 0.25) is 0 Å². The highest BCUT2D eigenvalue weighted by Gasteiger charge is 2.30. The largest absolute Gasteiger partial charge is 0.461 e. The van der Waals surface area contributed by atoms with E-state index >= 15 is 0 Å². The van der Waals surface area contributed by atoms with Gasteiger partial charge >= 0.3 is 5.97 Å². The van der Waals surface area contributed by atoms with Gasteiger partial charge in [-0.1, -0.05) is 67.1 Å². The van der Waals surface area contributed by atoms with Gasteiger partial charge in [0.25, 0.3) is 0 Å². The second-order valence-electron chi connectivity index (χ2n) is 7.00. The summed E-state index contributed by atoms with van der Waals surface area (Å²) in [6.07, 6.45) is 3.64. The highest BCUT2D eigenvalue weighted by atomic mass is 16.5. The molecule has 2 atom stereocenters. The monoisotopic (exact) mass is 352 g/mol. The van der Waals surface area contributed by atoms with Crippen LogP contribution in [0.1, 0.15) is 36.4 Å². The van der Waals surface area contributed by atoms with Crippen LogP contribution in [0.15, 0.2) is 60.7 Å². The Kier molecular flexibility index (Phi) is 6.81. The van der Waals surface area contributed by atoms with Crippen LogP contribution in [0.25, 0.3) is 0 Å². The molecule has 4 nitrogen and oxygen atoms in total. The van der Waals surface area contributed by atoms with Gasteiger partial charge in [-0.15, -0.1) is 0 Å². The van der Waals surface area contributed by atoms with Crippen LogP contribution >= 0.6 is 0 Å². The van der Waals surface area contributed by atoms with Crippen molar-refractivity contribution in [2.45, 2.75) is 31.9 Å². The molecule has 0 aliphatic carbocycles. The van der Waals surface area contributed by atoms with E-state index in [1.54, 1.807) is 0 Å². The molecule has 2 N–H and O–H groups in total. The van der Waals surface area contributed by atoms with Crippen LogP contribution in [-0.4, -0.2) is 30.5 Å². The van der Waals surface area contributed by atoms with Crippen molar-refractivity contribution in [2.75, 3.05) is 19.6 Å². The summed E-state index contributed by atoms with van der Waals surface area (Å²) in [6.45, 7) is 3.01. The van der Waals surface area contributed by atoms with Crippen LogP contribution in [-0.2, 0) is 16.1 Å². The zero-order valence-corrected chi connectivity index (χ0v) is 15.2. The summed E-state index contributed by atoms with van der Waals surface area (Å²) in [7, 11) is 0. The standard InChI is InChI=1S/C22H28N2O2/c23-21(19-12-6-2-7-13-19)20(16-24-14-8-3-9-15-24)22(25)26-17-18-10-4-1-5-11-18/h1-2,4-7,10-13,20-21H,3,8-9,14-17,23H2. The minimum atomic E-state index is -0.362. The number of hydrogen-bond donors (Lipinski definition) is 1. The normalized spacial score (nSPS) is 17.4. The zero-order chi connectivity index (χ0) is 18.2. The zero-order valence-electron chi connectivity index (χ0n) is 15.2. The number of carbonyl (C=O) groups excluding carboxylic acids is 1. The maximum Gasteiger partial charge on any atom is 0.312 e. The summed E-state index contributed by atoms with van der Waals surface area (Å²) >= 11 is 0. The Labute approximate surface area is 156 Å².